The SMILES string of the molecule is CC[C@@H]1[C@H](N)C[C@H](c2ccncc2NC(=O)c2ccc(F)c(-c3c(O)cc(S(C)(=O)=O)cc3F)n2)O[C@@H]1C. The maximum atomic E-state index is 14.8. The van der Waals surface area contributed by atoms with Crippen LogP contribution in [-0.4, -0.2) is 47.8 Å². The molecule has 38 heavy (non-hydrogen) atoms. The molecule has 202 valence electrons. The number of sulfone groups is 1. The van der Waals surface area contributed by atoms with Gasteiger partial charge < -0.3 is 20.9 Å². The summed E-state index contributed by atoms with van der Waals surface area (Å²) >= 11 is 0. The number of benzene rings is 1. The third-order valence-corrected chi connectivity index (χ3v) is 7.82. The number of aromatic nitrogens is 2. The van der Waals surface area contributed by atoms with Gasteiger partial charge in [0.05, 0.1) is 34.6 Å². The van der Waals surface area contributed by atoms with Crippen molar-refractivity contribution in [2.75, 3.05) is 11.6 Å². The number of amides is 1. The number of anilines is 1. The van der Waals surface area contributed by atoms with Crippen LogP contribution in [0.15, 0.2) is 47.6 Å². The molecule has 1 aliphatic rings. The highest BCUT2D eigenvalue weighted by atomic mass is 32.2. The number of phenolic OH excluding ortho intramolecular Hbond substituents is 1. The molecule has 0 radical (unpaired) electrons. The van der Waals surface area contributed by atoms with E-state index >= 15 is 0 Å². The summed E-state index contributed by atoms with van der Waals surface area (Å²) in [5, 5.41) is 13.0. The molecular weight excluding hydrogens is 518 g/mol. The van der Waals surface area contributed by atoms with E-state index in [4.69, 9.17) is 10.5 Å². The van der Waals surface area contributed by atoms with E-state index < -0.39 is 55.4 Å². The van der Waals surface area contributed by atoms with Crippen LogP contribution in [-0.2, 0) is 14.6 Å². The van der Waals surface area contributed by atoms with E-state index in [1.54, 1.807) is 12.3 Å². The number of nitrogens with one attached hydrogen (secondary N) is 1. The van der Waals surface area contributed by atoms with Gasteiger partial charge in [0.1, 0.15) is 28.8 Å². The first kappa shape index (κ1) is 27.6. The molecule has 1 aromatic carbocycles. The molecule has 0 unspecified atom stereocenters. The Balaban J connectivity index is 1.64. The number of rotatable bonds is 6. The van der Waals surface area contributed by atoms with Crippen LogP contribution < -0.4 is 11.1 Å². The number of halogens is 2. The van der Waals surface area contributed by atoms with E-state index in [1.165, 1.54) is 6.20 Å². The van der Waals surface area contributed by atoms with Crippen LogP contribution in [0.1, 0.15) is 48.8 Å². The van der Waals surface area contributed by atoms with Crippen molar-refractivity contribution >= 4 is 21.4 Å². The van der Waals surface area contributed by atoms with Gasteiger partial charge in [-0.25, -0.2) is 22.2 Å². The minimum absolute atomic E-state index is 0.0940. The average molecular weight is 547 g/mol. The summed E-state index contributed by atoms with van der Waals surface area (Å²) < 4.78 is 59.1. The van der Waals surface area contributed by atoms with E-state index in [1.807, 2.05) is 6.92 Å². The second-order valence-corrected chi connectivity index (χ2v) is 11.3. The van der Waals surface area contributed by atoms with Crippen LogP contribution in [0, 0.1) is 17.6 Å². The highest BCUT2D eigenvalue weighted by Gasteiger charge is 2.35. The Morgan fingerprint density at radius 3 is 2.61 bits per heavy atom. The maximum absolute atomic E-state index is 14.8. The second-order valence-electron chi connectivity index (χ2n) is 9.32. The molecule has 0 bridgehead atoms. The quantitative estimate of drug-likeness (QED) is 0.421. The Morgan fingerprint density at radius 1 is 1.24 bits per heavy atom. The summed E-state index contributed by atoms with van der Waals surface area (Å²) in [6.45, 7) is 4.01. The summed E-state index contributed by atoms with van der Waals surface area (Å²) in [6, 6.07) is 5.07. The molecule has 12 heteroatoms. The molecule has 1 saturated heterocycles. The molecule has 4 atom stereocenters. The summed E-state index contributed by atoms with van der Waals surface area (Å²) in [6.07, 6.45) is 4.78. The minimum atomic E-state index is -3.84. The van der Waals surface area contributed by atoms with Gasteiger partial charge in [-0.05, 0) is 56.0 Å². The number of ether oxygens (including phenoxy) is 1. The van der Waals surface area contributed by atoms with Crippen molar-refractivity contribution in [3.8, 4) is 17.0 Å². The number of pyridine rings is 2. The third-order valence-electron chi connectivity index (χ3n) is 6.73. The van der Waals surface area contributed by atoms with Crippen molar-refractivity contribution in [1.29, 1.82) is 0 Å². The maximum Gasteiger partial charge on any atom is 0.274 e. The first-order valence-corrected chi connectivity index (χ1v) is 13.9. The third kappa shape index (κ3) is 5.52. The normalized spacial score (nSPS) is 21.7. The Kier molecular flexibility index (Phi) is 7.77. The predicted molar refractivity (Wildman–Crippen MR) is 136 cm³/mol. The molecule has 1 aliphatic heterocycles. The molecule has 0 saturated carbocycles. The minimum Gasteiger partial charge on any atom is -0.507 e. The van der Waals surface area contributed by atoms with E-state index in [0.717, 1.165) is 30.9 Å². The second kappa shape index (κ2) is 10.7. The molecule has 0 aliphatic carbocycles. The van der Waals surface area contributed by atoms with E-state index in [9.17, 15) is 27.1 Å². The monoisotopic (exact) mass is 546 g/mol. The van der Waals surface area contributed by atoms with Crippen LogP contribution in [0.25, 0.3) is 11.3 Å². The first-order valence-electron chi connectivity index (χ1n) is 12.0. The van der Waals surface area contributed by atoms with Crippen LogP contribution >= 0.6 is 0 Å². The lowest BCUT2D eigenvalue weighted by molar-refractivity contribution is -0.0848. The van der Waals surface area contributed by atoms with Crippen molar-refractivity contribution in [2.24, 2.45) is 11.7 Å². The Labute approximate surface area is 219 Å². The van der Waals surface area contributed by atoms with Crippen LogP contribution in [0.2, 0.25) is 0 Å². The summed E-state index contributed by atoms with van der Waals surface area (Å²) in [4.78, 5) is 20.6. The number of aromatic hydroxyl groups is 1. The molecule has 0 spiro atoms. The summed E-state index contributed by atoms with van der Waals surface area (Å²) in [5.41, 5.74) is 5.79. The number of hydrogen-bond acceptors (Lipinski definition) is 8. The fourth-order valence-corrected chi connectivity index (χ4v) is 5.40. The molecule has 2 aromatic heterocycles. The molecule has 4 N–H and O–H groups in total. The van der Waals surface area contributed by atoms with Gasteiger partial charge in [-0.3, -0.25) is 9.78 Å². The highest BCUT2D eigenvalue weighted by molar-refractivity contribution is 7.90. The van der Waals surface area contributed by atoms with Gasteiger partial charge in [0.15, 0.2) is 9.84 Å². The van der Waals surface area contributed by atoms with E-state index in [2.05, 4.69) is 22.2 Å². The molecule has 3 heterocycles. The molecule has 1 amide bonds. The number of nitrogens with two attached hydrogens (primary N) is 1. The molecule has 1 fully saturated rings. The topological polar surface area (TPSA) is 144 Å². The van der Waals surface area contributed by atoms with Crippen molar-refractivity contribution in [1.82, 2.24) is 9.97 Å². The van der Waals surface area contributed by atoms with Crippen molar-refractivity contribution in [3.63, 3.8) is 0 Å². The fourth-order valence-electron chi connectivity index (χ4n) is 4.76. The van der Waals surface area contributed by atoms with E-state index in [0.29, 0.717) is 23.7 Å². The zero-order valence-corrected chi connectivity index (χ0v) is 21.8. The number of hydrogen-bond donors (Lipinski definition) is 3. The van der Waals surface area contributed by atoms with Crippen molar-refractivity contribution < 1.29 is 31.8 Å². The Hall–Kier alpha value is -3.48. The largest absolute Gasteiger partial charge is 0.507 e. The van der Waals surface area contributed by atoms with Gasteiger partial charge in [0.2, 0.25) is 0 Å². The lowest BCUT2D eigenvalue weighted by atomic mass is 9.84. The zero-order chi connectivity index (χ0) is 27.8. The van der Waals surface area contributed by atoms with Gasteiger partial charge in [-0.15, -0.1) is 0 Å². The van der Waals surface area contributed by atoms with Crippen LogP contribution in [0.5, 0.6) is 5.75 Å². The standard InChI is InChI=1S/C26H28F2N4O5S/c1-4-15-13(2)37-23(11-19(15)29)16-7-8-30-12-21(16)32-26(34)20-6-5-17(27)25(31-20)24-18(28)9-14(10-22(24)33)38(3,35)36/h5-10,12-13,15,19,23,33H,4,11,29H2,1-3H3,(H,32,34)/t13-,15+,19-,23-/m1/s1. The van der Waals surface area contributed by atoms with E-state index in [-0.39, 0.29) is 23.8 Å². The highest BCUT2D eigenvalue weighted by Crippen LogP contribution is 2.38. The molecular formula is C26H28F2N4O5S. The van der Waals surface area contributed by atoms with Gasteiger partial charge in [0.25, 0.3) is 5.91 Å². The van der Waals surface area contributed by atoms with Crippen molar-refractivity contribution in [2.45, 2.75) is 49.8 Å². The number of nitrogens with zero attached hydrogens (tertiary/aromatic N) is 2. The number of carbonyl (C=O) groups is 1. The van der Waals surface area contributed by atoms with Gasteiger partial charge >= 0.3 is 0 Å². The molecule has 9 nitrogen and oxygen atoms in total. The van der Waals surface area contributed by atoms with Gasteiger partial charge in [0, 0.05) is 24.1 Å². The smallest absolute Gasteiger partial charge is 0.274 e. The Bertz CT molecular complexity index is 1450. The first-order chi connectivity index (χ1) is 17.9. The average Bonchev–Trinajstić information content (AvgIpc) is 2.84. The van der Waals surface area contributed by atoms with Crippen LogP contribution in [0.4, 0.5) is 14.5 Å². The molecule has 3 aromatic rings. The predicted octanol–water partition coefficient (Wildman–Crippen LogP) is 3.99. The lowest BCUT2D eigenvalue weighted by Gasteiger charge is -2.39. The number of phenols is 1. The van der Waals surface area contributed by atoms with Gasteiger partial charge in [-0.1, -0.05) is 6.92 Å². The zero-order valence-electron chi connectivity index (χ0n) is 21.0. The summed E-state index contributed by atoms with van der Waals surface area (Å²) in [7, 11) is -3.84. The lowest BCUT2D eigenvalue weighted by Crippen LogP contribution is -2.44. The summed E-state index contributed by atoms with van der Waals surface area (Å²) in [5.74, 6) is -3.61. The fraction of sp³-hybridized carbons (Fsp3) is 0.346. The Morgan fingerprint density at radius 2 is 1.97 bits per heavy atom. The van der Waals surface area contributed by atoms with Crippen molar-refractivity contribution in [3.05, 3.63) is 65.6 Å². The van der Waals surface area contributed by atoms with Gasteiger partial charge in [-0.2, -0.15) is 0 Å². The van der Waals surface area contributed by atoms with Crippen LogP contribution in [0.3, 0.4) is 0 Å². The molecule has 4 rings (SSSR count). The number of carbonyl (C=O) groups excluding carboxylic acids is 1.